The van der Waals surface area contributed by atoms with Crippen LogP contribution in [0, 0.1) is 17.5 Å². The number of likely N-dealkylation sites (tertiary alicyclic amines) is 1. The average molecular weight is 514 g/mol. The highest BCUT2D eigenvalue weighted by Gasteiger charge is 2.55. The summed E-state index contributed by atoms with van der Waals surface area (Å²) >= 11 is 1.08. The molecule has 1 saturated heterocycles. The number of hydrogen-bond acceptors (Lipinski definition) is 5. The van der Waals surface area contributed by atoms with E-state index in [1.807, 2.05) is 25.3 Å². The molecular formula is C28H33F2N3O2S. The van der Waals surface area contributed by atoms with Crippen LogP contribution >= 0.6 is 11.3 Å². The molecule has 1 aliphatic heterocycles. The van der Waals surface area contributed by atoms with Crippen molar-refractivity contribution in [1.82, 2.24) is 15.2 Å². The molecule has 2 aromatic heterocycles. The minimum atomic E-state index is -2.06. The van der Waals surface area contributed by atoms with E-state index in [1.54, 1.807) is 30.3 Å². The molecule has 2 atom stereocenters. The zero-order valence-electron chi connectivity index (χ0n) is 21.2. The predicted molar refractivity (Wildman–Crippen MR) is 138 cm³/mol. The van der Waals surface area contributed by atoms with Crippen molar-refractivity contribution in [1.29, 1.82) is 0 Å². The summed E-state index contributed by atoms with van der Waals surface area (Å²) in [6.45, 7) is 8.64. The molecule has 1 N–H and O–H groups in total. The lowest BCUT2D eigenvalue weighted by Crippen LogP contribution is -2.57. The van der Waals surface area contributed by atoms with E-state index in [9.17, 15) is 9.18 Å². The third kappa shape index (κ3) is 5.60. The number of amides is 1. The second-order valence-corrected chi connectivity index (χ2v) is 11.4. The lowest BCUT2D eigenvalue weighted by atomic mass is 9.74. The summed E-state index contributed by atoms with van der Waals surface area (Å²) in [5.41, 5.74) is 0.684. The number of nitrogens with one attached hydrogen (secondary N) is 1. The van der Waals surface area contributed by atoms with Gasteiger partial charge in [-0.05, 0) is 89.4 Å². The van der Waals surface area contributed by atoms with Crippen molar-refractivity contribution < 1.29 is 18.3 Å². The van der Waals surface area contributed by atoms with E-state index in [0.717, 1.165) is 27.5 Å². The highest BCUT2D eigenvalue weighted by molar-refractivity contribution is 7.10. The van der Waals surface area contributed by atoms with Gasteiger partial charge in [0.15, 0.2) is 10.9 Å². The Labute approximate surface area is 215 Å². The third-order valence-electron chi connectivity index (χ3n) is 7.53. The molecule has 3 heterocycles. The summed E-state index contributed by atoms with van der Waals surface area (Å²) in [5.74, 6) is -1.72. The van der Waals surface area contributed by atoms with Gasteiger partial charge in [0.1, 0.15) is 5.75 Å². The van der Waals surface area contributed by atoms with Crippen LogP contribution in [0.3, 0.4) is 0 Å². The number of pyridine rings is 1. The number of rotatable bonds is 8. The number of ether oxygens (including phenoxy) is 1. The number of aryl methyl sites for hydroxylation is 2. The molecule has 0 saturated carbocycles. The number of para-hydroxylation sites is 1. The second-order valence-electron chi connectivity index (χ2n) is 10.2. The summed E-state index contributed by atoms with van der Waals surface area (Å²) in [4.78, 5) is 20.2. The molecule has 192 valence electrons. The monoisotopic (exact) mass is 513 g/mol. The second kappa shape index (κ2) is 10.3. The molecule has 1 fully saturated rings. The van der Waals surface area contributed by atoms with Gasteiger partial charge in [0.2, 0.25) is 0 Å². The number of benzene rings is 1. The van der Waals surface area contributed by atoms with Crippen LogP contribution in [0.15, 0.2) is 60.8 Å². The first-order valence-electron chi connectivity index (χ1n) is 12.2. The van der Waals surface area contributed by atoms with Gasteiger partial charge in [-0.25, -0.2) is 9.18 Å². The number of thiophene rings is 1. The minimum absolute atomic E-state index is 0.257. The van der Waals surface area contributed by atoms with Crippen molar-refractivity contribution in [2.75, 3.05) is 13.1 Å². The first-order chi connectivity index (χ1) is 17.0. The van der Waals surface area contributed by atoms with Crippen molar-refractivity contribution >= 4 is 17.4 Å². The van der Waals surface area contributed by atoms with Crippen LogP contribution in [0.4, 0.5) is 13.6 Å². The van der Waals surface area contributed by atoms with Gasteiger partial charge in [-0.1, -0.05) is 24.3 Å². The highest BCUT2D eigenvalue weighted by Crippen LogP contribution is 2.48. The summed E-state index contributed by atoms with van der Waals surface area (Å²) in [7, 11) is 0. The molecule has 0 bridgehead atoms. The quantitative estimate of drug-likeness (QED) is 0.344. The van der Waals surface area contributed by atoms with Gasteiger partial charge < -0.3 is 4.74 Å². The number of aromatic nitrogens is 1. The van der Waals surface area contributed by atoms with Gasteiger partial charge in [0.05, 0.1) is 0 Å². The number of carbonyl (C=O) groups excluding carboxylic acids is 1. The fraction of sp³-hybridized carbons (Fsp3) is 0.429. The maximum atomic E-state index is 16.6. The molecule has 1 aromatic carbocycles. The Morgan fingerprint density at radius 3 is 2.56 bits per heavy atom. The molecule has 1 unspecified atom stereocenters. The Kier molecular flexibility index (Phi) is 7.48. The number of alkyl halides is 1. The number of halogens is 2. The Bertz CT molecular complexity index is 1180. The van der Waals surface area contributed by atoms with Crippen LogP contribution in [-0.4, -0.2) is 34.9 Å². The largest absolute Gasteiger partial charge is 0.415 e. The smallest absolute Gasteiger partial charge is 0.410 e. The van der Waals surface area contributed by atoms with E-state index in [2.05, 4.69) is 35.1 Å². The number of carbonyl (C=O) groups is 1. The summed E-state index contributed by atoms with van der Waals surface area (Å²) < 4.78 is 35.6. The van der Waals surface area contributed by atoms with Crippen molar-refractivity contribution in [3.63, 3.8) is 0 Å². The van der Waals surface area contributed by atoms with E-state index in [4.69, 9.17) is 4.74 Å². The SMILES string of the molecule is Cc1ccc(C(C)(C)N2CC[C@@](CCc3ccc(F)s3)(C(C)(F)NC(=O)Oc3ccccc3)C2)cn1. The van der Waals surface area contributed by atoms with Crippen molar-refractivity contribution in [2.45, 2.75) is 58.3 Å². The van der Waals surface area contributed by atoms with Crippen LogP contribution in [0.2, 0.25) is 0 Å². The summed E-state index contributed by atoms with van der Waals surface area (Å²) in [6, 6.07) is 15.8. The number of hydrogen-bond donors (Lipinski definition) is 1. The third-order valence-corrected chi connectivity index (χ3v) is 8.46. The van der Waals surface area contributed by atoms with Crippen molar-refractivity contribution in [3.8, 4) is 5.75 Å². The fourth-order valence-corrected chi connectivity index (χ4v) is 5.70. The van der Waals surface area contributed by atoms with Crippen LogP contribution < -0.4 is 10.1 Å². The molecule has 1 amide bonds. The Balaban J connectivity index is 1.57. The van der Waals surface area contributed by atoms with E-state index >= 15 is 4.39 Å². The summed E-state index contributed by atoms with van der Waals surface area (Å²) in [6.07, 6.45) is 2.53. The van der Waals surface area contributed by atoms with Crippen molar-refractivity contribution in [2.24, 2.45) is 5.41 Å². The molecule has 0 radical (unpaired) electrons. The fourth-order valence-electron chi connectivity index (χ4n) is 4.98. The minimum Gasteiger partial charge on any atom is -0.410 e. The molecule has 0 spiro atoms. The van der Waals surface area contributed by atoms with E-state index in [-0.39, 0.29) is 5.13 Å². The zero-order valence-corrected chi connectivity index (χ0v) is 22.0. The molecule has 8 heteroatoms. The van der Waals surface area contributed by atoms with Crippen LogP contribution in [0.25, 0.3) is 0 Å². The molecule has 5 nitrogen and oxygen atoms in total. The normalized spacial score (nSPS) is 20.2. The molecule has 0 aliphatic carbocycles. The first kappa shape index (κ1) is 26.2. The Morgan fingerprint density at radius 1 is 1.17 bits per heavy atom. The molecular weight excluding hydrogens is 480 g/mol. The van der Waals surface area contributed by atoms with Crippen LogP contribution in [0.5, 0.6) is 5.75 Å². The number of nitrogens with zero attached hydrogens (tertiary/aromatic N) is 2. The van der Waals surface area contributed by atoms with Gasteiger partial charge in [-0.2, -0.15) is 4.39 Å². The first-order valence-corrected chi connectivity index (χ1v) is 13.0. The lowest BCUT2D eigenvalue weighted by Gasteiger charge is -2.43. The van der Waals surface area contributed by atoms with E-state index in [1.165, 1.54) is 13.0 Å². The van der Waals surface area contributed by atoms with Gasteiger partial charge in [0.25, 0.3) is 0 Å². The zero-order chi connectivity index (χ0) is 26.0. The van der Waals surface area contributed by atoms with Crippen LogP contribution in [-0.2, 0) is 12.0 Å². The maximum Gasteiger partial charge on any atom is 0.415 e. The van der Waals surface area contributed by atoms with Crippen LogP contribution in [0.1, 0.15) is 49.7 Å². The Morgan fingerprint density at radius 2 is 1.92 bits per heavy atom. The predicted octanol–water partition coefficient (Wildman–Crippen LogP) is 6.62. The maximum absolute atomic E-state index is 16.6. The van der Waals surface area contributed by atoms with Gasteiger partial charge in [-0.3, -0.25) is 15.2 Å². The van der Waals surface area contributed by atoms with Gasteiger partial charge >= 0.3 is 6.09 Å². The lowest BCUT2D eigenvalue weighted by molar-refractivity contribution is -0.0253. The standard InChI is InChI=1S/C28H33F2N3O2S/c1-20-10-11-21(18-31-20)26(2,3)33-17-16-28(19-33,15-14-23-12-13-24(29)36-23)27(4,30)32-25(34)35-22-8-6-5-7-9-22/h5-13,18H,14-17,19H2,1-4H3,(H,32,34)/t27?,28-/m1/s1. The van der Waals surface area contributed by atoms with E-state index in [0.29, 0.717) is 38.1 Å². The molecule has 4 rings (SSSR count). The molecule has 36 heavy (non-hydrogen) atoms. The van der Waals surface area contributed by atoms with Gasteiger partial charge in [-0.15, -0.1) is 11.3 Å². The molecule has 3 aromatic rings. The molecule has 1 aliphatic rings. The highest BCUT2D eigenvalue weighted by atomic mass is 32.1. The van der Waals surface area contributed by atoms with Crippen molar-refractivity contribution in [3.05, 3.63) is 82.1 Å². The van der Waals surface area contributed by atoms with Gasteiger partial charge in [0, 0.05) is 34.3 Å². The topological polar surface area (TPSA) is 54.5 Å². The van der Waals surface area contributed by atoms with E-state index < -0.39 is 22.8 Å². The Hall–Kier alpha value is -2.84. The summed E-state index contributed by atoms with van der Waals surface area (Å²) in [5, 5.41) is 2.25. The average Bonchev–Trinajstić information content (AvgIpc) is 3.46.